The van der Waals surface area contributed by atoms with Crippen molar-refractivity contribution < 1.29 is 13.2 Å². The lowest BCUT2D eigenvalue weighted by Gasteiger charge is -2.30. The highest BCUT2D eigenvalue weighted by molar-refractivity contribution is 7.89. The molecule has 1 atom stereocenters. The minimum atomic E-state index is -3.58. The molecule has 0 radical (unpaired) electrons. The summed E-state index contributed by atoms with van der Waals surface area (Å²) in [6.07, 6.45) is 1.90. The summed E-state index contributed by atoms with van der Waals surface area (Å²) in [6.45, 7) is 11.5. The molecule has 1 saturated heterocycles. The van der Waals surface area contributed by atoms with E-state index >= 15 is 0 Å². The van der Waals surface area contributed by atoms with Gasteiger partial charge in [-0.2, -0.15) is 14.1 Å². The molecule has 5 rings (SSSR count). The highest BCUT2D eigenvalue weighted by atomic mass is 32.2. The van der Waals surface area contributed by atoms with Crippen molar-refractivity contribution in [3.8, 4) is 5.13 Å². The number of thiazole rings is 1. The van der Waals surface area contributed by atoms with E-state index in [9.17, 15) is 13.2 Å². The van der Waals surface area contributed by atoms with Crippen LogP contribution in [0.3, 0.4) is 0 Å². The van der Waals surface area contributed by atoms with Crippen LogP contribution in [0.2, 0.25) is 0 Å². The number of anilines is 1. The van der Waals surface area contributed by atoms with E-state index in [1.54, 1.807) is 27.2 Å². The highest BCUT2D eigenvalue weighted by Crippen LogP contribution is 2.32. The van der Waals surface area contributed by atoms with Crippen LogP contribution in [-0.2, 0) is 15.4 Å². The molecule has 8 nitrogen and oxygen atoms in total. The van der Waals surface area contributed by atoms with Crippen molar-refractivity contribution in [1.82, 2.24) is 19.1 Å². The maximum atomic E-state index is 13.1. The van der Waals surface area contributed by atoms with Crippen LogP contribution in [0.5, 0.6) is 0 Å². The number of sulfonamides is 1. The molecule has 0 spiro atoms. The van der Waals surface area contributed by atoms with Crippen LogP contribution in [-0.4, -0.2) is 46.5 Å². The largest absolute Gasteiger partial charge is 0.306 e. The predicted molar refractivity (Wildman–Crippen MR) is 152 cm³/mol. The fourth-order valence-electron chi connectivity index (χ4n) is 4.68. The summed E-state index contributed by atoms with van der Waals surface area (Å²) in [5.41, 5.74) is 3.24. The van der Waals surface area contributed by atoms with E-state index in [0.717, 1.165) is 28.8 Å². The molecule has 4 aromatic rings. The second-order valence-corrected chi connectivity index (χ2v) is 14.0. The third-order valence-electron chi connectivity index (χ3n) is 6.87. The van der Waals surface area contributed by atoms with E-state index in [1.165, 1.54) is 29.0 Å². The Labute approximate surface area is 227 Å². The molecular weight excluding hydrogens is 518 g/mol. The monoisotopic (exact) mass is 551 g/mol. The van der Waals surface area contributed by atoms with Crippen LogP contribution in [0.1, 0.15) is 62.2 Å². The molecule has 200 valence electrons. The van der Waals surface area contributed by atoms with E-state index in [0.29, 0.717) is 35.5 Å². The van der Waals surface area contributed by atoms with Gasteiger partial charge in [0, 0.05) is 24.7 Å². The van der Waals surface area contributed by atoms with Gasteiger partial charge in [-0.1, -0.05) is 45.1 Å². The van der Waals surface area contributed by atoms with Crippen molar-refractivity contribution in [1.29, 1.82) is 0 Å². The standard InChI is InChI=1S/C28H33N5O3S2/c1-18-7-6-14-32(17-18)38(35,36)22-11-8-20(9-12-22)26(34)30-25-15-19(2)31-33(25)27-29-23-13-10-21(28(3,4)5)16-24(23)37-27/h8-13,15-16,18H,6-7,14,17H2,1-5H3,(H,30,34). The van der Waals surface area contributed by atoms with Gasteiger partial charge in [-0.3, -0.25) is 4.79 Å². The highest BCUT2D eigenvalue weighted by Gasteiger charge is 2.28. The number of piperidine rings is 1. The van der Waals surface area contributed by atoms with E-state index in [1.807, 2.05) is 13.0 Å². The predicted octanol–water partition coefficient (Wildman–Crippen LogP) is 5.76. The van der Waals surface area contributed by atoms with Crippen LogP contribution in [0, 0.1) is 12.8 Å². The lowest BCUT2D eigenvalue weighted by molar-refractivity contribution is 0.102. The quantitative estimate of drug-likeness (QED) is 0.340. The Morgan fingerprint density at radius 2 is 1.84 bits per heavy atom. The van der Waals surface area contributed by atoms with E-state index in [-0.39, 0.29) is 16.2 Å². The Balaban J connectivity index is 1.37. The van der Waals surface area contributed by atoms with Crippen molar-refractivity contribution >= 4 is 43.3 Å². The smallest absolute Gasteiger partial charge is 0.256 e. The second kappa shape index (κ2) is 9.91. The summed E-state index contributed by atoms with van der Waals surface area (Å²) in [7, 11) is -3.58. The van der Waals surface area contributed by atoms with Gasteiger partial charge in [0.05, 0.1) is 20.8 Å². The zero-order valence-corrected chi connectivity index (χ0v) is 24.0. The Morgan fingerprint density at radius 1 is 1.11 bits per heavy atom. The van der Waals surface area contributed by atoms with Crippen LogP contribution < -0.4 is 5.32 Å². The Morgan fingerprint density at radius 3 is 2.53 bits per heavy atom. The molecule has 1 amide bonds. The van der Waals surface area contributed by atoms with Crippen LogP contribution >= 0.6 is 11.3 Å². The lowest BCUT2D eigenvalue weighted by atomic mass is 9.87. The minimum absolute atomic E-state index is 0.0286. The fourth-order valence-corrected chi connectivity index (χ4v) is 7.25. The van der Waals surface area contributed by atoms with Crippen LogP contribution in [0.25, 0.3) is 15.3 Å². The van der Waals surface area contributed by atoms with Gasteiger partial charge in [0.15, 0.2) is 0 Å². The zero-order valence-electron chi connectivity index (χ0n) is 22.4. The fraction of sp³-hybridized carbons (Fsp3) is 0.393. The third-order valence-corrected chi connectivity index (χ3v) is 9.74. The van der Waals surface area contributed by atoms with Gasteiger partial charge < -0.3 is 5.32 Å². The minimum Gasteiger partial charge on any atom is -0.306 e. The first-order valence-electron chi connectivity index (χ1n) is 12.8. The number of nitrogens with zero attached hydrogens (tertiary/aromatic N) is 4. The van der Waals surface area contributed by atoms with Gasteiger partial charge in [0.25, 0.3) is 5.91 Å². The Bertz CT molecular complexity index is 1600. The molecule has 1 unspecified atom stereocenters. The van der Waals surface area contributed by atoms with Crippen molar-refractivity contribution in [2.75, 3.05) is 18.4 Å². The van der Waals surface area contributed by atoms with Crippen LogP contribution in [0.4, 0.5) is 5.82 Å². The normalized spacial score (nSPS) is 17.1. The molecule has 38 heavy (non-hydrogen) atoms. The number of amides is 1. The lowest BCUT2D eigenvalue weighted by Crippen LogP contribution is -2.39. The number of carbonyl (C=O) groups is 1. The molecule has 3 heterocycles. The summed E-state index contributed by atoms with van der Waals surface area (Å²) in [6, 6.07) is 14.2. The topological polar surface area (TPSA) is 97.2 Å². The molecule has 0 bridgehead atoms. The number of hydrogen-bond donors (Lipinski definition) is 1. The number of hydrogen-bond acceptors (Lipinski definition) is 6. The molecule has 0 aliphatic carbocycles. The SMILES string of the molecule is Cc1cc(NC(=O)c2ccc(S(=O)(=O)N3CCCC(C)C3)cc2)n(-c2nc3ccc(C(C)(C)C)cc3s2)n1. The number of rotatable bonds is 5. The molecule has 2 aromatic carbocycles. The molecule has 10 heteroatoms. The average Bonchev–Trinajstić information content (AvgIpc) is 3.45. The number of fused-ring (bicyclic) bond motifs is 1. The molecule has 1 fully saturated rings. The summed E-state index contributed by atoms with van der Waals surface area (Å²) in [5.74, 6) is 0.493. The summed E-state index contributed by atoms with van der Waals surface area (Å²) in [4.78, 5) is 18.1. The first-order chi connectivity index (χ1) is 17.9. The van der Waals surface area contributed by atoms with Crippen molar-refractivity contribution in [2.45, 2.75) is 57.8 Å². The molecule has 1 N–H and O–H groups in total. The molecule has 1 aliphatic heterocycles. The first-order valence-corrected chi connectivity index (χ1v) is 15.1. The number of benzene rings is 2. The van der Waals surface area contributed by atoms with E-state index < -0.39 is 10.0 Å². The van der Waals surface area contributed by atoms with Gasteiger partial charge in [-0.25, -0.2) is 13.4 Å². The molecule has 0 saturated carbocycles. The number of carbonyl (C=O) groups excluding carboxylic acids is 1. The van der Waals surface area contributed by atoms with Crippen LogP contribution in [0.15, 0.2) is 53.4 Å². The zero-order chi connectivity index (χ0) is 27.2. The molecule has 2 aromatic heterocycles. The van der Waals surface area contributed by atoms with Gasteiger partial charge in [-0.15, -0.1) is 0 Å². The molecular formula is C28H33N5O3S2. The summed E-state index contributed by atoms with van der Waals surface area (Å²) in [5, 5.41) is 8.14. The number of aryl methyl sites for hydroxylation is 1. The van der Waals surface area contributed by atoms with Gasteiger partial charge in [0.2, 0.25) is 15.2 Å². The maximum Gasteiger partial charge on any atom is 0.256 e. The number of aromatic nitrogens is 3. The summed E-state index contributed by atoms with van der Waals surface area (Å²) < 4.78 is 30.4. The second-order valence-electron chi connectivity index (χ2n) is 11.1. The van der Waals surface area contributed by atoms with Crippen molar-refractivity contribution in [3.05, 3.63) is 65.4 Å². The van der Waals surface area contributed by atoms with E-state index in [4.69, 9.17) is 4.98 Å². The van der Waals surface area contributed by atoms with Crippen molar-refractivity contribution in [2.24, 2.45) is 5.92 Å². The van der Waals surface area contributed by atoms with Gasteiger partial charge >= 0.3 is 0 Å². The average molecular weight is 552 g/mol. The van der Waals surface area contributed by atoms with E-state index in [2.05, 4.69) is 50.2 Å². The number of nitrogens with one attached hydrogen (secondary N) is 1. The Hall–Kier alpha value is -3.08. The van der Waals surface area contributed by atoms with Gasteiger partial charge in [-0.05, 0) is 73.1 Å². The summed E-state index contributed by atoms with van der Waals surface area (Å²) >= 11 is 1.52. The molecule has 1 aliphatic rings. The maximum absolute atomic E-state index is 13.1. The third kappa shape index (κ3) is 5.25. The first kappa shape index (κ1) is 26.5. The van der Waals surface area contributed by atoms with Crippen molar-refractivity contribution in [3.63, 3.8) is 0 Å². The van der Waals surface area contributed by atoms with Gasteiger partial charge in [0.1, 0.15) is 5.82 Å². The Kier molecular flexibility index (Phi) is 6.91.